The van der Waals surface area contributed by atoms with Crippen molar-refractivity contribution < 1.29 is 22.5 Å². The minimum absolute atomic E-state index is 0.00272. The van der Waals surface area contributed by atoms with Crippen LogP contribution in [-0.4, -0.2) is 32.9 Å². The molecule has 1 aliphatic rings. The number of nitrogens with zero attached hydrogens (tertiary/aromatic N) is 3. The highest BCUT2D eigenvalue weighted by Gasteiger charge is 2.40. The molecule has 27 heavy (non-hydrogen) atoms. The Kier molecular flexibility index (Phi) is 5.20. The maximum Gasteiger partial charge on any atom is 0.471 e. The Morgan fingerprint density at radius 1 is 1.26 bits per heavy atom. The van der Waals surface area contributed by atoms with Crippen molar-refractivity contribution in [2.75, 3.05) is 5.88 Å². The lowest BCUT2D eigenvalue weighted by atomic mass is 9.94. The topological polar surface area (TPSA) is 59.2 Å². The van der Waals surface area contributed by atoms with Gasteiger partial charge in [0.1, 0.15) is 0 Å². The Labute approximate surface area is 159 Å². The number of benzene rings is 1. The maximum absolute atomic E-state index is 12.8. The standard InChI is InChI=1S/C18H19ClF3N3O2/c1-17(2,10-19)16(26)25(13-7-8-13)9-11-3-5-12(6-4-11)14-23-15(27-24-14)18(20,21)22/h3-6,13H,7-10H2,1-2H3. The molecule has 146 valence electrons. The largest absolute Gasteiger partial charge is 0.471 e. The van der Waals surface area contributed by atoms with Gasteiger partial charge in [-0.25, -0.2) is 0 Å². The Hall–Kier alpha value is -2.09. The van der Waals surface area contributed by atoms with Gasteiger partial charge in [0.15, 0.2) is 0 Å². The minimum Gasteiger partial charge on any atom is -0.335 e. The van der Waals surface area contributed by atoms with Crippen LogP contribution in [0.3, 0.4) is 0 Å². The summed E-state index contributed by atoms with van der Waals surface area (Å²) in [6.45, 7) is 4.05. The molecular weight excluding hydrogens is 383 g/mol. The predicted molar refractivity (Wildman–Crippen MR) is 92.8 cm³/mol. The Bertz CT molecular complexity index is 814. The van der Waals surface area contributed by atoms with E-state index in [0.717, 1.165) is 18.4 Å². The highest BCUT2D eigenvalue weighted by molar-refractivity contribution is 6.19. The van der Waals surface area contributed by atoms with Gasteiger partial charge in [-0.2, -0.15) is 18.2 Å². The summed E-state index contributed by atoms with van der Waals surface area (Å²) in [6.07, 6.45) is -2.75. The van der Waals surface area contributed by atoms with Crippen LogP contribution in [0.1, 0.15) is 38.1 Å². The fraction of sp³-hybridized carbons (Fsp3) is 0.500. The number of hydrogen-bond donors (Lipinski definition) is 0. The first-order valence-electron chi connectivity index (χ1n) is 8.49. The van der Waals surface area contributed by atoms with Crippen molar-refractivity contribution in [2.45, 2.75) is 45.5 Å². The van der Waals surface area contributed by atoms with Crippen molar-refractivity contribution in [2.24, 2.45) is 5.41 Å². The van der Waals surface area contributed by atoms with Crippen molar-refractivity contribution in [1.29, 1.82) is 0 Å². The summed E-state index contributed by atoms with van der Waals surface area (Å²) in [5, 5.41) is 3.37. The van der Waals surface area contributed by atoms with Crippen LogP contribution in [-0.2, 0) is 17.5 Å². The fourth-order valence-electron chi connectivity index (χ4n) is 2.61. The second-order valence-corrected chi connectivity index (χ2v) is 7.57. The number of hydrogen-bond acceptors (Lipinski definition) is 4. The summed E-state index contributed by atoms with van der Waals surface area (Å²) in [5.74, 6) is -1.28. The average molecular weight is 402 g/mol. The molecule has 0 unspecified atom stereocenters. The summed E-state index contributed by atoms with van der Waals surface area (Å²) in [4.78, 5) is 18.0. The summed E-state index contributed by atoms with van der Waals surface area (Å²) in [5.41, 5.74) is 0.621. The van der Waals surface area contributed by atoms with Crippen LogP contribution in [0.2, 0.25) is 0 Å². The summed E-state index contributed by atoms with van der Waals surface area (Å²) < 4.78 is 41.9. The fourth-order valence-corrected chi connectivity index (χ4v) is 2.72. The van der Waals surface area contributed by atoms with E-state index in [9.17, 15) is 18.0 Å². The molecule has 1 saturated carbocycles. The van der Waals surface area contributed by atoms with Crippen molar-refractivity contribution in [3.05, 3.63) is 35.7 Å². The van der Waals surface area contributed by atoms with Crippen LogP contribution in [0.5, 0.6) is 0 Å². The zero-order valence-electron chi connectivity index (χ0n) is 14.9. The highest BCUT2D eigenvalue weighted by atomic mass is 35.5. The van der Waals surface area contributed by atoms with Gasteiger partial charge in [0, 0.05) is 24.0 Å². The molecule has 9 heteroatoms. The van der Waals surface area contributed by atoms with Crippen LogP contribution in [0.4, 0.5) is 13.2 Å². The molecule has 0 bridgehead atoms. The van der Waals surface area contributed by atoms with Gasteiger partial charge in [0.25, 0.3) is 0 Å². The number of halogens is 4. The second-order valence-electron chi connectivity index (χ2n) is 7.30. The highest BCUT2D eigenvalue weighted by Crippen LogP contribution is 2.33. The second kappa shape index (κ2) is 7.14. The smallest absolute Gasteiger partial charge is 0.335 e. The van der Waals surface area contributed by atoms with E-state index in [1.807, 2.05) is 18.7 Å². The third-order valence-corrected chi connectivity index (χ3v) is 5.06. The van der Waals surface area contributed by atoms with E-state index in [4.69, 9.17) is 11.6 Å². The Morgan fingerprint density at radius 2 is 1.89 bits per heavy atom. The van der Waals surface area contributed by atoms with Gasteiger partial charge < -0.3 is 9.42 Å². The first kappa shape index (κ1) is 19.7. The third-order valence-electron chi connectivity index (χ3n) is 4.40. The Morgan fingerprint density at radius 3 is 2.37 bits per heavy atom. The quantitative estimate of drug-likeness (QED) is 0.668. The van der Waals surface area contributed by atoms with Crippen LogP contribution >= 0.6 is 11.6 Å². The number of alkyl halides is 4. The normalized spacial score (nSPS) is 15.0. The van der Waals surface area contributed by atoms with Crippen LogP contribution < -0.4 is 0 Å². The van der Waals surface area contributed by atoms with Crippen molar-refractivity contribution in [3.8, 4) is 11.4 Å². The van der Waals surface area contributed by atoms with E-state index in [0.29, 0.717) is 12.1 Å². The van der Waals surface area contributed by atoms with E-state index >= 15 is 0 Å². The molecule has 1 aromatic heterocycles. The van der Waals surface area contributed by atoms with Gasteiger partial charge in [-0.15, -0.1) is 11.6 Å². The molecule has 5 nitrogen and oxygen atoms in total. The van der Waals surface area contributed by atoms with E-state index in [1.165, 1.54) is 0 Å². The number of carbonyl (C=O) groups is 1. The molecule has 1 aromatic carbocycles. The van der Waals surface area contributed by atoms with Gasteiger partial charge in [-0.1, -0.05) is 29.4 Å². The molecule has 0 N–H and O–H groups in total. The maximum atomic E-state index is 12.8. The SMILES string of the molecule is CC(C)(CCl)C(=O)N(Cc1ccc(-c2noc(C(F)(F)F)n2)cc1)C1CC1. The van der Waals surface area contributed by atoms with Crippen molar-refractivity contribution in [3.63, 3.8) is 0 Å². The first-order valence-corrected chi connectivity index (χ1v) is 9.02. The minimum atomic E-state index is -4.68. The molecule has 0 saturated heterocycles. The van der Waals surface area contributed by atoms with Gasteiger partial charge >= 0.3 is 12.1 Å². The zero-order valence-corrected chi connectivity index (χ0v) is 15.6. The molecule has 1 aliphatic carbocycles. The molecule has 1 heterocycles. The molecular formula is C18H19ClF3N3O2. The number of carbonyl (C=O) groups excluding carboxylic acids is 1. The van der Waals surface area contributed by atoms with Gasteiger partial charge in [0.2, 0.25) is 11.7 Å². The van der Waals surface area contributed by atoms with E-state index in [-0.39, 0.29) is 23.7 Å². The number of amides is 1. The van der Waals surface area contributed by atoms with Crippen LogP contribution in [0.15, 0.2) is 28.8 Å². The molecule has 0 radical (unpaired) electrons. The molecule has 0 spiro atoms. The molecule has 3 rings (SSSR count). The lowest BCUT2D eigenvalue weighted by Gasteiger charge is -2.31. The van der Waals surface area contributed by atoms with E-state index in [2.05, 4.69) is 14.7 Å². The van der Waals surface area contributed by atoms with Crippen LogP contribution in [0, 0.1) is 5.41 Å². The first-order chi connectivity index (χ1) is 12.6. The van der Waals surface area contributed by atoms with Gasteiger partial charge in [0.05, 0.1) is 5.41 Å². The van der Waals surface area contributed by atoms with E-state index in [1.54, 1.807) is 24.3 Å². The molecule has 1 fully saturated rings. The molecule has 1 amide bonds. The summed E-state index contributed by atoms with van der Waals surface area (Å²) in [7, 11) is 0. The summed E-state index contributed by atoms with van der Waals surface area (Å²) in [6, 6.07) is 6.93. The van der Waals surface area contributed by atoms with E-state index < -0.39 is 17.5 Å². The molecule has 2 aromatic rings. The predicted octanol–water partition coefficient (Wildman–Crippen LogP) is 4.51. The molecule has 0 atom stereocenters. The lowest BCUT2D eigenvalue weighted by molar-refractivity contribution is -0.159. The molecule has 0 aliphatic heterocycles. The van der Waals surface area contributed by atoms with Crippen molar-refractivity contribution >= 4 is 17.5 Å². The number of aromatic nitrogens is 2. The van der Waals surface area contributed by atoms with Crippen molar-refractivity contribution in [1.82, 2.24) is 15.0 Å². The monoisotopic (exact) mass is 401 g/mol. The number of rotatable bonds is 6. The average Bonchev–Trinajstić information content (AvgIpc) is 3.33. The Balaban J connectivity index is 1.75. The lowest BCUT2D eigenvalue weighted by Crippen LogP contribution is -2.42. The zero-order chi connectivity index (χ0) is 19.8. The van der Waals surface area contributed by atoms with Crippen LogP contribution in [0.25, 0.3) is 11.4 Å². The van der Waals surface area contributed by atoms with Gasteiger partial charge in [-0.3, -0.25) is 4.79 Å². The summed E-state index contributed by atoms with van der Waals surface area (Å²) >= 11 is 5.93. The van der Waals surface area contributed by atoms with Gasteiger partial charge in [-0.05, 0) is 32.3 Å². The third kappa shape index (κ3) is 4.43.